The average molecular weight is 327 g/mol. The Kier molecular flexibility index (Phi) is 3.64. The molecule has 4 rings (SSSR count). The van der Waals surface area contributed by atoms with Gasteiger partial charge in [0.15, 0.2) is 11.5 Å². The van der Waals surface area contributed by atoms with Crippen LogP contribution in [-0.4, -0.2) is 19.6 Å². The van der Waals surface area contributed by atoms with Crippen LogP contribution < -0.4 is 5.32 Å². The number of halogens is 1. The van der Waals surface area contributed by atoms with Crippen LogP contribution in [0.5, 0.6) is 0 Å². The number of hydrogen-bond acceptors (Lipinski definition) is 4. The number of aromatic amines is 1. The van der Waals surface area contributed by atoms with Gasteiger partial charge in [0.25, 0.3) is 0 Å². The number of nitrogens with one attached hydrogen (secondary N) is 2. The smallest absolute Gasteiger partial charge is 0.173 e. The van der Waals surface area contributed by atoms with Gasteiger partial charge in [-0.1, -0.05) is 6.07 Å². The van der Waals surface area contributed by atoms with E-state index in [1.807, 2.05) is 23.8 Å². The number of hydrogen-bond donors (Lipinski definition) is 2. The minimum Gasteiger partial charge on any atom is -0.307 e. The van der Waals surface area contributed by atoms with Gasteiger partial charge in [-0.15, -0.1) is 11.3 Å². The summed E-state index contributed by atoms with van der Waals surface area (Å²) in [4.78, 5) is 5.47. The van der Waals surface area contributed by atoms with Crippen molar-refractivity contribution in [2.45, 2.75) is 13.1 Å². The number of fused-ring (bicyclic) bond motifs is 1. The van der Waals surface area contributed by atoms with Gasteiger partial charge in [-0.05, 0) is 23.6 Å². The van der Waals surface area contributed by atoms with Crippen LogP contribution in [-0.2, 0) is 13.1 Å². The second kappa shape index (κ2) is 5.94. The van der Waals surface area contributed by atoms with Crippen LogP contribution in [0.25, 0.3) is 16.2 Å². The van der Waals surface area contributed by atoms with E-state index in [1.165, 1.54) is 6.07 Å². The van der Waals surface area contributed by atoms with E-state index in [9.17, 15) is 4.39 Å². The van der Waals surface area contributed by atoms with Gasteiger partial charge in [0.05, 0.1) is 22.5 Å². The highest BCUT2D eigenvalue weighted by Gasteiger charge is 2.09. The van der Waals surface area contributed by atoms with E-state index in [1.54, 1.807) is 28.0 Å². The lowest BCUT2D eigenvalue weighted by Gasteiger charge is -2.02. The van der Waals surface area contributed by atoms with E-state index >= 15 is 0 Å². The van der Waals surface area contributed by atoms with Crippen LogP contribution in [0, 0.1) is 5.82 Å². The summed E-state index contributed by atoms with van der Waals surface area (Å²) in [6.07, 6.45) is 5.45. The Balaban J connectivity index is 1.46. The van der Waals surface area contributed by atoms with Crippen molar-refractivity contribution in [1.82, 2.24) is 24.9 Å². The first-order valence-electron chi connectivity index (χ1n) is 7.20. The molecule has 0 amide bonds. The van der Waals surface area contributed by atoms with Crippen molar-refractivity contribution in [3.63, 3.8) is 0 Å². The molecule has 0 fully saturated rings. The molecule has 0 aliphatic heterocycles. The molecule has 0 radical (unpaired) electrons. The zero-order valence-electron chi connectivity index (χ0n) is 12.2. The van der Waals surface area contributed by atoms with Crippen molar-refractivity contribution < 1.29 is 4.39 Å². The fourth-order valence-electron chi connectivity index (χ4n) is 2.52. The minimum absolute atomic E-state index is 0.312. The van der Waals surface area contributed by atoms with Crippen LogP contribution in [0.4, 0.5) is 4.39 Å². The Morgan fingerprint density at radius 2 is 2.22 bits per heavy atom. The van der Waals surface area contributed by atoms with Crippen molar-refractivity contribution in [3.8, 4) is 10.6 Å². The molecule has 0 atom stereocenters. The van der Waals surface area contributed by atoms with Crippen molar-refractivity contribution in [1.29, 1.82) is 0 Å². The first-order chi connectivity index (χ1) is 11.3. The van der Waals surface area contributed by atoms with Gasteiger partial charge in [0, 0.05) is 31.0 Å². The summed E-state index contributed by atoms with van der Waals surface area (Å²) in [5, 5.41) is 12.5. The van der Waals surface area contributed by atoms with Gasteiger partial charge in [-0.25, -0.2) is 9.37 Å². The van der Waals surface area contributed by atoms with Gasteiger partial charge in [-0.2, -0.15) is 5.10 Å². The summed E-state index contributed by atoms with van der Waals surface area (Å²) in [5.74, 6) is -0.312. The maximum absolute atomic E-state index is 13.6. The summed E-state index contributed by atoms with van der Waals surface area (Å²) in [7, 11) is 0. The maximum Gasteiger partial charge on any atom is 0.173 e. The Labute approximate surface area is 135 Å². The quantitative estimate of drug-likeness (QED) is 0.592. The molecule has 0 spiro atoms. The lowest BCUT2D eigenvalue weighted by atomic mass is 10.2. The highest BCUT2D eigenvalue weighted by molar-refractivity contribution is 7.13. The van der Waals surface area contributed by atoms with Gasteiger partial charge < -0.3 is 9.72 Å². The predicted molar refractivity (Wildman–Crippen MR) is 87.6 cm³/mol. The number of pyridine rings is 1. The third-order valence-electron chi connectivity index (χ3n) is 3.59. The molecule has 0 saturated carbocycles. The second-order valence-electron chi connectivity index (χ2n) is 5.17. The largest absolute Gasteiger partial charge is 0.307 e. The van der Waals surface area contributed by atoms with Gasteiger partial charge in [-0.3, -0.25) is 5.10 Å². The number of rotatable bonds is 5. The molecule has 0 bridgehead atoms. The molecule has 0 aliphatic carbocycles. The van der Waals surface area contributed by atoms with Crippen LogP contribution in [0.1, 0.15) is 11.3 Å². The van der Waals surface area contributed by atoms with Crippen LogP contribution >= 0.6 is 11.3 Å². The van der Waals surface area contributed by atoms with Crippen molar-refractivity contribution >= 4 is 17.0 Å². The lowest BCUT2D eigenvalue weighted by Crippen LogP contribution is -2.13. The normalized spacial score (nSPS) is 11.3. The standard InChI is InChI=1S/C16H14FN5S/c17-13-3-1-5-22-10-12(20-16(13)22)9-18-7-11-8-19-21-15(11)14-4-2-6-23-14/h1-6,8,10,18H,7,9H2,(H,19,21). The SMILES string of the molecule is Fc1cccn2cc(CNCc3cn[nH]c3-c3cccs3)nc12. The molecule has 0 aromatic carbocycles. The van der Waals surface area contributed by atoms with Crippen LogP contribution in [0.3, 0.4) is 0 Å². The van der Waals surface area contributed by atoms with Gasteiger partial charge in [0.2, 0.25) is 0 Å². The number of nitrogens with zero attached hydrogens (tertiary/aromatic N) is 3. The molecule has 116 valence electrons. The fraction of sp³-hybridized carbons (Fsp3) is 0.125. The van der Waals surface area contributed by atoms with E-state index in [-0.39, 0.29) is 5.82 Å². The van der Waals surface area contributed by atoms with E-state index in [0.29, 0.717) is 18.7 Å². The van der Waals surface area contributed by atoms with Crippen molar-refractivity contribution in [2.75, 3.05) is 0 Å². The summed E-state index contributed by atoms with van der Waals surface area (Å²) in [5.41, 5.74) is 3.29. The van der Waals surface area contributed by atoms with E-state index < -0.39 is 0 Å². The average Bonchev–Trinajstić information content (AvgIpc) is 3.27. The van der Waals surface area contributed by atoms with Crippen LogP contribution in [0.2, 0.25) is 0 Å². The molecular formula is C16H14FN5S. The van der Waals surface area contributed by atoms with Crippen molar-refractivity contribution in [3.05, 3.63) is 65.3 Å². The molecule has 2 N–H and O–H groups in total. The zero-order valence-corrected chi connectivity index (χ0v) is 13.0. The molecule has 7 heteroatoms. The molecule has 23 heavy (non-hydrogen) atoms. The Bertz CT molecular complexity index is 925. The molecule has 4 aromatic heterocycles. The van der Waals surface area contributed by atoms with E-state index in [2.05, 4.69) is 26.6 Å². The Morgan fingerprint density at radius 3 is 3.04 bits per heavy atom. The van der Waals surface area contributed by atoms with Gasteiger partial charge >= 0.3 is 0 Å². The van der Waals surface area contributed by atoms with E-state index in [0.717, 1.165) is 21.8 Å². The highest BCUT2D eigenvalue weighted by Crippen LogP contribution is 2.25. The van der Waals surface area contributed by atoms with Crippen LogP contribution in [0.15, 0.2) is 48.2 Å². The molecule has 4 aromatic rings. The number of H-pyrrole nitrogens is 1. The Hall–Kier alpha value is -2.51. The number of imidazole rings is 1. The lowest BCUT2D eigenvalue weighted by molar-refractivity contribution is 0.629. The summed E-state index contributed by atoms with van der Waals surface area (Å²) < 4.78 is 15.3. The molecule has 0 saturated heterocycles. The summed E-state index contributed by atoms with van der Waals surface area (Å²) >= 11 is 1.67. The zero-order chi connectivity index (χ0) is 15.6. The molecule has 0 unspecified atom stereocenters. The topological polar surface area (TPSA) is 58.0 Å². The monoisotopic (exact) mass is 327 g/mol. The summed E-state index contributed by atoms with van der Waals surface area (Å²) in [6.45, 7) is 1.23. The molecule has 4 heterocycles. The Morgan fingerprint density at radius 1 is 1.26 bits per heavy atom. The molecule has 0 aliphatic rings. The van der Waals surface area contributed by atoms with Gasteiger partial charge in [0.1, 0.15) is 0 Å². The predicted octanol–water partition coefficient (Wildman–Crippen LogP) is 3.21. The molecule has 5 nitrogen and oxygen atoms in total. The van der Waals surface area contributed by atoms with E-state index in [4.69, 9.17) is 0 Å². The first-order valence-corrected chi connectivity index (χ1v) is 8.08. The minimum atomic E-state index is -0.312. The third-order valence-corrected chi connectivity index (χ3v) is 4.48. The highest BCUT2D eigenvalue weighted by atomic mass is 32.1. The molecular weight excluding hydrogens is 313 g/mol. The maximum atomic E-state index is 13.6. The first kappa shape index (κ1) is 14.1. The number of aromatic nitrogens is 4. The number of thiophene rings is 1. The summed E-state index contributed by atoms with van der Waals surface area (Å²) in [6, 6.07) is 7.16. The fourth-order valence-corrected chi connectivity index (χ4v) is 3.27. The second-order valence-corrected chi connectivity index (χ2v) is 6.12. The van der Waals surface area contributed by atoms with Crippen molar-refractivity contribution in [2.24, 2.45) is 0 Å². The third kappa shape index (κ3) is 2.76.